The lowest BCUT2D eigenvalue weighted by Gasteiger charge is -2.05. The number of hydrogen-bond donors (Lipinski definition) is 1. The lowest BCUT2D eigenvalue weighted by molar-refractivity contribution is 0.584. The highest BCUT2D eigenvalue weighted by Crippen LogP contribution is 2.15. The molecule has 0 saturated heterocycles. The predicted molar refractivity (Wildman–Crippen MR) is 109 cm³/mol. The van der Waals surface area contributed by atoms with Gasteiger partial charge in [0.15, 0.2) is 0 Å². The summed E-state index contributed by atoms with van der Waals surface area (Å²) in [4.78, 5) is 2.40. The molecule has 8 heteroatoms. The number of aromatic nitrogens is 2. The van der Waals surface area contributed by atoms with Crippen LogP contribution in [-0.2, 0) is 16.6 Å². The Kier molecular flexibility index (Phi) is 5.76. The van der Waals surface area contributed by atoms with Gasteiger partial charge < -0.3 is 0 Å². The average Bonchev–Trinajstić information content (AvgIpc) is 2.90. The fourth-order valence-corrected chi connectivity index (χ4v) is 3.69. The minimum atomic E-state index is -3.71. The van der Waals surface area contributed by atoms with E-state index in [-0.39, 0.29) is 4.90 Å². The summed E-state index contributed by atoms with van der Waals surface area (Å²) in [5.74, 6) is 0. The first-order chi connectivity index (χ1) is 12.9. The summed E-state index contributed by atoms with van der Waals surface area (Å²) in [5, 5.41) is 8.46. The van der Waals surface area contributed by atoms with Gasteiger partial charge in [0.25, 0.3) is 10.0 Å². The minimum absolute atomic E-state index is 0.149. The maximum absolute atomic E-state index is 12.3. The quantitative estimate of drug-likeness (QED) is 0.463. The van der Waals surface area contributed by atoms with E-state index in [4.69, 9.17) is 0 Å². The fraction of sp³-hybridized carbons (Fsp3) is 0.158. The van der Waals surface area contributed by atoms with E-state index >= 15 is 0 Å². The van der Waals surface area contributed by atoms with Gasteiger partial charge in [-0.05, 0) is 43.7 Å². The molecule has 6 nitrogen and oxygen atoms in total. The van der Waals surface area contributed by atoms with Crippen LogP contribution in [0, 0.1) is 13.8 Å². The van der Waals surface area contributed by atoms with Crippen molar-refractivity contribution in [3.63, 3.8) is 0 Å². The number of nitrogens with zero attached hydrogens (tertiary/aromatic N) is 3. The summed E-state index contributed by atoms with van der Waals surface area (Å²) in [5.41, 5.74) is 3.64. The molecule has 0 spiro atoms. The van der Waals surface area contributed by atoms with Gasteiger partial charge in [-0.15, -0.1) is 0 Å². The van der Waals surface area contributed by atoms with E-state index in [2.05, 4.69) is 31.0 Å². The lowest BCUT2D eigenvalue weighted by atomic mass is 10.2. The first kappa shape index (κ1) is 19.3. The van der Waals surface area contributed by atoms with E-state index in [9.17, 15) is 8.42 Å². The Morgan fingerprint density at radius 2 is 1.78 bits per heavy atom. The van der Waals surface area contributed by atoms with Crippen molar-refractivity contribution >= 4 is 32.2 Å². The Morgan fingerprint density at radius 3 is 2.44 bits per heavy atom. The average molecular weight is 447 g/mol. The van der Waals surface area contributed by atoms with Crippen molar-refractivity contribution < 1.29 is 8.42 Å². The highest BCUT2D eigenvalue weighted by atomic mass is 79.9. The third-order valence-corrected chi connectivity index (χ3v) is 5.87. The highest BCUT2D eigenvalue weighted by Gasteiger charge is 2.13. The van der Waals surface area contributed by atoms with E-state index in [1.807, 2.05) is 48.9 Å². The van der Waals surface area contributed by atoms with E-state index in [1.54, 1.807) is 12.1 Å². The molecule has 2 aromatic carbocycles. The van der Waals surface area contributed by atoms with E-state index in [0.29, 0.717) is 6.54 Å². The molecular weight excluding hydrogens is 428 g/mol. The summed E-state index contributed by atoms with van der Waals surface area (Å²) in [6, 6.07) is 16.4. The van der Waals surface area contributed by atoms with Crippen molar-refractivity contribution in [1.29, 1.82) is 0 Å². The number of halogens is 1. The number of nitrogens with one attached hydrogen (secondary N) is 1. The minimum Gasteiger partial charge on any atom is -0.265 e. The smallest absolute Gasteiger partial charge is 0.265 e. The SMILES string of the molecule is Cc1nn(Cc2ccccc2)c(C)c1/C=N\NS(=O)(=O)c1ccc(Br)cc1. The molecule has 3 aromatic rings. The third kappa shape index (κ3) is 4.64. The third-order valence-electron chi connectivity index (χ3n) is 4.10. The van der Waals surface area contributed by atoms with Crippen molar-refractivity contribution in [1.82, 2.24) is 14.6 Å². The normalized spacial score (nSPS) is 11.8. The van der Waals surface area contributed by atoms with Crippen molar-refractivity contribution in [2.75, 3.05) is 0 Å². The van der Waals surface area contributed by atoms with Crippen molar-refractivity contribution in [3.8, 4) is 0 Å². The predicted octanol–water partition coefficient (Wildman–Crippen LogP) is 3.62. The fourth-order valence-electron chi connectivity index (χ4n) is 2.63. The van der Waals surface area contributed by atoms with Gasteiger partial charge in [-0.25, -0.2) is 4.83 Å². The van der Waals surface area contributed by atoms with Crippen molar-refractivity contribution in [2.24, 2.45) is 5.10 Å². The van der Waals surface area contributed by atoms with Crippen LogP contribution in [0.1, 0.15) is 22.5 Å². The van der Waals surface area contributed by atoms with E-state index in [1.165, 1.54) is 18.3 Å². The number of rotatable bonds is 6. The molecule has 1 N–H and O–H groups in total. The number of sulfonamides is 1. The van der Waals surface area contributed by atoms with E-state index in [0.717, 1.165) is 27.0 Å². The maximum Gasteiger partial charge on any atom is 0.276 e. The van der Waals surface area contributed by atoms with Crippen LogP contribution in [-0.4, -0.2) is 24.4 Å². The molecule has 0 fully saturated rings. The first-order valence-corrected chi connectivity index (χ1v) is 10.5. The molecule has 0 amide bonds. The van der Waals surface area contributed by atoms with Gasteiger partial charge in [0.2, 0.25) is 0 Å². The molecule has 0 aliphatic carbocycles. The van der Waals surface area contributed by atoms with Gasteiger partial charge in [0.1, 0.15) is 0 Å². The summed E-state index contributed by atoms with van der Waals surface area (Å²) >= 11 is 3.28. The Labute approximate surface area is 167 Å². The Hall–Kier alpha value is -2.45. The lowest BCUT2D eigenvalue weighted by Crippen LogP contribution is -2.18. The Morgan fingerprint density at radius 1 is 1.11 bits per heavy atom. The van der Waals surface area contributed by atoms with Crippen LogP contribution in [0.15, 0.2) is 69.1 Å². The second kappa shape index (κ2) is 8.06. The monoisotopic (exact) mass is 446 g/mol. The van der Waals surface area contributed by atoms with Gasteiger partial charge in [-0.1, -0.05) is 46.3 Å². The molecule has 0 unspecified atom stereocenters. The summed E-state index contributed by atoms with van der Waals surface area (Å²) < 4.78 is 27.3. The molecule has 0 saturated carbocycles. The van der Waals surface area contributed by atoms with Crippen LogP contribution in [0.2, 0.25) is 0 Å². The molecule has 0 bridgehead atoms. The summed E-state index contributed by atoms with van der Waals surface area (Å²) in [6.07, 6.45) is 1.50. The molecule has 0 aliphatic rings. The molecule has 0 aliphatic heterocycles. The Bertz CT molecular complexity index is 1060. The second-order valence-corrected chi connectivity index (χ2v) is 8.61. The zero-order chi connectivity index (χ0) is 19.4. The molecule has 140 valence electrons. The zero-order valence-electron chi connectivity index (χ0n) is 14.9. The van der Waals surface area contributed by atoms with Crippen LogP contribution in [0.3, 0.4) is 0 Å². The molecule has 1 heterocycles. The number of hydrazone groups is 1. The summed E-state index contributed by atoms with van der Waals surface area (Å²) in [6.45, 7) is 4.46. The molecule has 1 aromatic heterocycles. The number of hydrogen-bond acceptors (Lipinski definition) is 4. The zero-order valence-corrected chi connectivity index (χ0v) is 17.3. The van der Waals surface area contributed by atoms with Crippen LogP contribution in [0.4, 0.5) is 0 Å². The number of benzene rings is 2. The maximum atomic E-state index is 12.3. The molecular formula is C19H19BrN4O2S. The Balaban J connectivity index is 1.76. The topological polar surface area (TPSA) is 76.3 Å². The standard InChI is InChI=1S/C19H19BrN4O2S/c1-14-19(15(2)24(22-14)13-16-6-4-3-5-7-16)12-21-23-27(25,26)18-10-8-17(20)9-11-18/h3-12,23H,13H2,1-2H3/b21-12-. The van der Waals surface area contributed by atoms with Gasteiger partial charge in [0.05, 0.1) is 23.3 Å². The largest absolute Gasteiger partial charge is 0.276 e. The van der Waals surface area contributed by atoms with Crippen LogP contribution in [0.5, 0.6) is 0 Å². The first-order valence-electron chi connectivity index (χ1n) is 8.25. The van der Waals surface area contributed by atoms with Gasteiger partial charge in [-0.3, -0.25) is 4.68 Å². The highest BCUT2D eigenvalue weighted by molar-refractivity contribution is 9.10. The second-order valence-electron chi connectivity index (χ2n) is 6.03. The molecule has 27 heavy (non-hydrogen) atoms. The van der Waals surface area contributed by atoms with Crippen LogP contribution >= 0.6 is 15.9 Å². The molecule has 0 atom stereocenters. The molecule has 0 radical (unpaired) electrons. The summed E-state index contributed by atoms with van der Waals surface area (Å²) in [7, 11) is -3.71. The molecule has 3 rings (SSSR count). The van der Waals surface area contributed by atoms with Gasteiger partial charge in [-0.2, -0.15) is 18.6 Å². The number of aryl methyl sites for hydroxylation is 1. The van der Waals surface area contributed by atoms with Crippen molar-refractivity contribution in [2.45, 2.75) is 25.3 Å². The van der Waals surface area contributed by atoms with E-state index < -0.39 is 10.0 Å². The van der Waals surface area contributed by atoms with Gasteiger partial charge in [0, 0.05) is 15.7 Å². The van der Waals surface area contributed by atoms with Crippen LogP contribution in [0.25, 0.3) is 0 Å². The van der Waals surface area contributed by atoms with Crippen LogP contribution < -0.4 is 4.83 Å². The van der Waals surface area contributed by atoms with Gasteiger partial charge >= 0.3 is 0 Å². The van der Waals surface area contributed by atoms with Crippen molar-refractivity contribution in [3.05, 3.63) is 81.6 Å².